The average Bonchev–Trinajstić information content (AvgIpc) is 3.30. The van der Waals surface area contributed by atoms with Crippen LogP contribution in [0.3, 0.4) is 0 Å². The zero-order valence-corrected chi connectivity index (χ0v) is 21.6. The number of nitriles is 1. The maximum Gasteiger partial charge on any atom is 0.419 e. The number of hydrogen-bond acceptors (Lipinski definition) is 5. The number of hydrogen-bond donors (Lipinski definition) is 0. The molecule has 0 amide bonds. The van der Waals surface area contributed by atoms with Crippen molar-refractivity contribution in [3.05, 3.63) is 57.5 Å². The largest absolute Gasteiger partial charge is 0.419 e. The third-order valence-electron chi connectivity index (χ3n) is 7.52. The highest BCUT2D eigenvalue weighted by Gasteiger charge is 2.42. The fourth-order valence-corrected chi connectivity index (χ4v) is 5.45. The van der Waals surface area contributed by atoms with E-state index in [4.69, 9.17) is 5.26 Å². The first-order valence-electron chi connectivity index (χ1n) is 12.4. The molecule has 0 spiro atoms. The summed E-state index contributed by atoms with van der Waals surface area (Å²) in [6.45, 7) is 6.16. The van der Waals surface area contributed by atoms with Crippen LogP contribution in [-0.4, -0.2) is 44.4 Å². The number of anilines is 1. The molecular formula is C26H29F5N6O. The number of alkyl halides is 3. The Kier molecular flexibility index (Phi) is 7.52. The van der Waals surface area contributed by atoms with Gasteiger partial charge in [0.2, 0.25) is 0 Å². The summed E-state index contributed by atoms with van der Waals surface area (Å²) in [5.41, 5.74) is -0.424. The van der Waals surface area contributed by atoms with Crippen LogP contribution in [0.15, 0.2) is 29.2 Å². The van der Waals surface area contributed by atoms with E-state index in [-0.39, 0.29) is 29.8 Å². The van der Waals surface area contributed by atoms with Crippen LogP contribution >= 0.6 is 0 Å². The van der Waals surface area contributed by atoms with Crippen LogP contribution < -0.4 is 10.5 Å². The second-order valence-electron chi connectivity index (χ2n) is 9.62. The number of piperazine rings is 1. The van der Waals surface area contributed by atoms with Crippen LogP contribution in [0.2, 0.25) is 0 Å². The Morgan fingerprint density at radius 1 is 1.16 bits per heavy atom. The molecule has 0 radical (unpaired) electrons. The van der Waals surface area contributed by atoms with Gasteiger partial charge in [0.1, 0.15) is 12.1 Å². The van der Waals surface area contributed by atoms with Crippen molar-refractivity contribution in [1.82, 2.24) is 19.2 Å². The molecule has 2 aromatic heterocycles. The molecule has 204 valence electrons. The monoisotopic (exact) mass is 536 g/mol. The molecule has 12 heteroatoms. The number of aromatic nitrogens is 3. The molecule has 1 fully saturated rings. The zero-order chi connectivity index (χ0) is 27.9. The van der Waals surface area contributed by atoms with Gasteiger partial charge < -0.3 is 9.47 Å². The van der Waals surface area contributed by atoms with E-state index in [2.05, 4.69) is 10.00 Å². The lowest BCUT2D eigenvalue weighted by Gasteiger charge is -2.49. The van der Waals surface area contributed by atoms with Crippen molar-refractivity contribution < 1.29 is 22.0 Å². The summed E-state index contributed by atoms with van der Waals surface area (Å²) >= 11 is 0. The maximum atomic E-state index is 14.4. The maximum absolute atomic E-state index is 14.4. The minimum absolute atomic E-state index is 0.0121. The van der Waals surface area contributed by atoms with Gasteiger partial charge in [0, 0.05) is 44.3 Å². The van der Waals surface area contributed by atoms with Gasteiger partial charge in [-0.1, -0.05) is 19.9 Å². The number of pyridine rings is 1. The van der Waals surface area contributed by atoms with Crippen LogP contribution in [-0.2, 0) is 19.8 Å². The van der Waals surface area contributed by atoms with Crippen LogP contribution in [0.5, 0.6) is 0 Å². The van der Waals surface area contributed by atoms with Crippen LogP contribution in [0.25, 0.3) is 11.0 Å². The minimum atomic E-state index is -5.05. The number of rotatable bonds is 6. The lowest BCUT2D eigenvalue weighted by Crippen LogP contribution is -2.59. The molecule has 1 aliphatic rings. The quantitative estimate of drug-likeness (QED) is 0.415. The van der Waals surface area contributed by atoms with E-state index in [1.165, 1.54) is 15.3 Å². The van der Waals surface area contributed by atoms with Gasteiger partial charge in [-0.25, -0.2) is 8.78 Å². The molecule has 38 heavy (non-hydrogen) atoms. The number of benzene rings is 1. The third-order valence-corrected chi connectivity index (χ3v) is 7.52. The predicted molar refractivity (Wildman–Crippen MR) is 133 cm³/mol. The summed E-state index contributed by atoms with van der Waals surface area (Å²) in [6, 6.07) is 3.99. The van der Waals surface area contributed by atoms with Crippen molar-refractivity contribution in [2.45, 2.75) is 64.5 Å². The number of fused-ring (bicyclic) bond motifs is 1. The number of aryl methyl sites for hydroxylation is 1. The Morgan fingerprint density at radius 3 is 2.45 bits per heavy atom. The number of halogens is 5. The summed E-state index contributed by atoms with van der Waals surface area (Å²) in [4.78, 5) is 16.8. The van der Waals surface area contributed by atoms with Gasteiger partial charge in [-0.3, -0.25) is 14.4 Å². The summed E-state index contributed by atoms with van der Waals surface area (Å²) in [6.07, 6.45) is -2.23. The molecule has 0 aliphatic carbocycles. The van der Waals surface area contributed by atoms with Crippen LogP contribution in [0.1, 0.15) is 50.8 Å². The predicted octanol–water partition coefficient (Wildman–Crippen LogP) is 5.00. The molecule has 1 unspecified atom stereocenters. The summed E-state index contributed by atoms with van der Waals surface area (Å²) in [5.74, 6) is -3.43. The summed E-state index contributed by atoms with van der Waals surface area (Å²) in [7, 11) is 1.62. The lowest BCUT2D eigenvalue weighted by atomic mass is 9.93. The molecule has 1 aliphatic heterocycles. The van der Waals surface area contributed by atoms with Crippen molar-refractivity contribution >= 4 is 16.7 Å². The van der Waals surface area contributed by atoms with E-state index in [1.54, 1.807) is 20.2 Å². The smallest absolute Gasteiger partial charge is 0.364 e. The molecule has 1 aromatic carbocycles. The number of nitrogens with zero attached hydrogens (tertiary/aromatic N) is 6. The first kappa shape index (κ1) is 27.6. The van der Waals surface area contributed by atoms with E-state index >= 15 is 0 Å². The van der Waals surface area contributed by atoms with E-state index in [0.717, 1.165) is 12.1 Å². The third kappa shape index (κ3) is 4.75. The zero-order valence-electron chi connectivity index (χ0n) is 21.6. The van der Waals surface area contributed by atoms with E-state index in [1.807, 2.05) is 24.8 Å². The van der Waals surface area contributed by atoms with Crippen molar-refractivity contribution in [2.75, 3.05) is 18.0 Å². The van der Waals surface area contributed by atoms with Gasteiger partial charge in [-0.15, -0.1) is 0 Å². The standard InChI is InChI=1S/C26H29F5N6O/c1-5-16-13-37(20-11-22(38)34(4)21-14-35(10-9-32)33-25(20)21)17(6-2)12-36(16)15(3)18-7-8-19(27)24(28)23(18)26(29,30)31/h7-8,11,14-17H,5-6,10,12-13H2,1-4H3/t15?,16-,17+/m1/s1. The molecule has 1 saturated heterocycles. The lowest BCUT2D eigenvalue weighted by molar-refractivity contribution is -0.141. The molecule has 3 aromatic rings. The van der Waals surface area contributed by atoms with Gasteiger partial charge >= 0.3 is 6.18 Å². The molecule has 0 N–H and O–H groups in total. The van der Waals surface area contributed by atoms with E-state index < -0.39 is 29.4 Å². The van der Waals surface area contributed by atoms with Gasteiger partial charge in [-0.2, -0.15) is 23.5 Å². The van der Waals surface area contributed by atoms with E-state index in [9.17, 15) is 26.7 Å². The molecule has 0 saturated carbocycles. The van der Waals surface area contributed by atoms with Gasteiger partial charge in [0.25, 0.3) is 5.56 Å². The first-order chi connectivity index (χ1) is 17.9. The van der Waals surface area contributed by atoms with Gasteiger partial charge in [0.15, 0.2) is 11.6 Å². The molecular weight excluding hydrogens is 507 g/mol. The highest BCUT2D eigenvalue weighted by molar-refractivity contribution is 5.88. The molecule has 0 bridgehead atoms. The average molecular weight is 537 g/mol. The van der Waals surface area contributed by atoms with Crippen molar-refractivity contribution in [3.8, 4) is 6.07 Å². The Hall–Kier alpha value is -3.46. The Labute approximate surface area is 216 Å². The fraction of sp³-hybridized carbons (Fsp3) is 0.500. The molecule has 7 nitrogen and oxygen atoms in total. The van der Waals surface area contributed by atoms with Crippen molar-refractivity contribution in [1.29, 1.82) is 5.26 Å². The highest BCUT2D eigenvalue weighted by atomic mass is 19.4. The second kappa shape index (κ2) is 10.4. The molecule has 3 atom stereocenters. The normalized spacial score (nSPS) is 19.6. The van der Waals surface area contributed by atoms with Gasteiger partial charge in [-0.05, 0) is 31.4 Å². The van der Waals surface area contributed by atoms with Crippen molar-refractivity contribution in [2.24, 2.45) is 7.05 Å². The highest BCUT2D eigenvalue weighted by Crippen LogP contribution is 2.41. The topological polar surface area (TPSA) is 70.1 Å². The van der Waals surface area contributed by atoms with Crippen LogP contribution in [0, 0.1) is 23.0 Å². The first-order valence-corrected chi connectivity index (χ1v) is 12.4. The Balaban J connectivity index is 1.77. The SMILES string of the molecule is CC[C@H]1CN(C(C)c2ccc(F)c(F)c2C(F)(F)F)[C@H](CC)CN1c1cc(=O)n(C)c2cn(CC#N)nc12. The minimum Gasteiger partial charge on any atom is -0.364 e. The summed E-state index contributed by atoms with van der Waals surface area (Å²) < 4.78 is 72.5. The second-order valence-corrected chi connectivity index (χ2v) is 9.62. The van der Waals surface area contributed by atoms with E-state index in [0.29, 0.717) is 42.7 Å². The van der Waals surface area contributed by atoms with Crippen molar-refractivity contribution in [3.63, 3.8) is 0 Å². The molecule has 3 heterocycles. The fourth-order valence-electron chi connectivity index (χ4n) is 5.45. The van der Waals surface area contributed by atoms with Crippen LogP contribution in [0.4, 0.5) is 27.6 Å². The Bertz CT molecular complexity index is 1440. The van der Waals surface area contributed by atoms with Gasteiger partial charge in [0.05, 0.1) is 29.0 Å². The Morgan fingerprint density at radius 2 is 1.84 bits per heavy atom. The summed E-state index contributed by atoms with van der Waals surface area (Å²) in [5, 5.41) is 13.6. The molecule has 4 rings (SSSR count).